The van der Waals surface area contributed by atoms with Crippen molar-refractivity contribution in [1.82, 2.24) is 19.9 Å². The summed E-state index contributed by atoms with van der Waals surface area (Å²) in [7, 11) is 0. The number of carbonyl (C=O) groups excluding carboxylic acids is 1. The van der Waals surface area contributed by atoms with Gasteiger partial charge in [-0.3, -0.25) is 15.0 Å². The first-order valence-electron chi connectivity index (χ1n) is 10.5. The summed E-state index contributed by atoms with van der Waals surface area (Å²) in [5, 5.41) is 2.89. The number of hydrogen-bond donors (Lipinski definition) is 1. The van der Waals surface area contributed by atoms with Gasteiger partial charge in [0.1, 0.15) is 16.7 Å². The second-order valence-corrected chi connectivity index (χ2v) is 9.34. The maximum Gasteiger partial charge on any atom is 0.416 e. The Morgan fingerprint density at radius 3 is 2.74 bits per heavy atom. The molecule has 1 saturated heterocycles. The quantitative estimate of drug-likeness (QED) is 0.407. The van der Waals surface area contributed by atoms with Gasteiger partial charge in [-0.25, -0.2) is 19.3 Å². The highest BCUT2D eigenvalue weighted by Gasteiger charge is 2.32. The normalized spacial score (nSPS) is 16.7. The van der Waals surface area contributed by atoms with Crippen molar-refractivity contribution in [2.45, 2.75) is 44.9 Å². The SMILES string of the molecule is CC[C@@H]1CCCN1Cc1sc(NC(=O)c2cnc(Cl)cn2)nc1-c1cc(F)cc(C(F)(F)F)c1. The van der Waals surface area contributed by atoms with Gasteiger partial charge in [-0.05, 0) is 44.0 Å². The molecule has 0 bridgehead atoms. The first-order valence-corrected chi connectivity index (χ1v) is 11.7. The van der Waals surface area contributed by atoms with Crippen molar-refractivity contribution in [3.63, 3.8) is 0 Å². The minimum atomic E-state index is -4.71. The van der Waals surface area contributed by atoms with Gasteiger partial charge >= 0.3 is 6.18 Å². The molecule has 1 fully saturated rings. The maximum atomic E-state index is 14.1. The summed E-state index contributed by atoms with van der Waals surface area (Å²) in [5.41, 5.74) is -0.902. The molecule has 180 valence electrons. The topological polar surface area (TPSA) is 71.0 Å². The standard InChI is InChI=1S/C22H20ClF4N5OS/c1-2-15-4-3-5-32(15)11-17-19(12-6-13(22(25,26)27)8-14(24)7-12)30-21(34-17)31-20(33)16-9-29-18(23)10-28-16/h6-10,15H,2-5,11H2,1H3,(H,30,31,33)/t15-/m1/s1. The molecule has 0 spiro atoms. The number of halogens is 5. The molecule has 6 nitrogen and oxygen atoms in total. The highest BCUT2D eigenvalue weighted by molar-refractivity contribution is 7.16. The Morgan fingerprint density at radius 1 is 1.26 bits per heavy atom. The molecule has 0 saturated carbocycles. The summed E-state index contributed by atoms with van der Waals surface area (Å²) >= 11 is 6.84. The fraction of sp³-hybridized carbons (Fsp3) is 0.364. The minimum absolute atomic E-state index is 0.00148. The average molecular weight is 514 g/mol. The maximum absolute atomic E-state index is 14.1. The molecule has 0 radical (unpaired) electrons. The number of alkyl halides is 3. The molecule has 3 heterocycles. The molecule has 2 aromatic heterocycles. The summed E-state index contributed by atoms with van der Waals surface area (Å²) in [4.78, 5) is 27.5. The molecule has 34 heavy (non-hydrogen) atoms. The van der Waals surface area contributed by atoms with Crippen molar-refractivity contribution in [2.24, 2.45) is 0 Å². The lowest BCUT2D eigenvalue weighted by molar-refractivity contribution is -0.137. The van der Waals surface area contributed by atoms with Gasteiger partial charge in [-0.1, -0.05) is 29.9 Å². The number of likely N-dealkylation sites (tertiary alicyclic amines) is 1. The molecule has 1 aliphatic rings. The predicted molar refractivity (Wildman–Crippen MR) is 121 cm³/mol. The number of anilines is 1. The minimum Gasteiger partial charge on any atom is -0.296 e. The molecule has 1 amide bonds. The Balaban J connectivity index is 1.70. The van der Waals surface area contributed by atoms with E-state index in [9.17, 15) is 22.4 Å². The average Bonchev–Trinajstić information content (AvgIpc) is 3.40. The van der Waals surface area contributed by atoms with Crippen LogP contribution in [0, 0.1) is 5.82 Å². The third-order valence-corrected chi connectivity index (χ3v) is 6.74. The van der Waals surface area contributed by atoms with Gasteiger partial charge in [-0.15, -0.1) is 0 Å². The van der Waals surface area contributed by atoms with Crippen LogP contribution in [0.3, 0.4) is 0 Å². The molecule has 1 atom stereocenters. The Labute approximate surface area is 202 Å². The number of aromatic nitrogens is 3. The van der Waals surface area contributed by atoms with E-state index in [2.05, 4.69) is 32.1 Å². The zero-order chi connectivity index (χ0) is 24.5. The van der Waals surface area contributed by atoms with Crippen LogP contribution in [0.2, 0.25) is 5.15 Å². The van der Waals surface area contributed by atoms with Gasteiger partial charge < -0.3 is 0 Å². The monoisotopic (exact) mass is 513 g/mol. The molecule has 1 N–H and O–H groups in total. The highest BCUT2D eigenvalue weighted by atomic mass is 35.5. The van der Waals surface area contributed by atoms with Crippen LogP contribution < -0.4 is 5.32 Å². The highest BCUT2D eigenvalue weighted by Crippen LogP contribution is 2.38. The van der Waals surface area contributed by atoms with Crippen molar-refractivity contribution >= 4 is 34.0 Å². The molecule has 1 aliphatic heterocycles. The van der Waals surface area contributed by atoms with Gasteiger partial charge in [0.2, 0.25) is 0 Å². The number of carbonyl (C=O) groups is 1. The zero-order valence-electron chi connectivity index (χ0n) is 18.0. The number of nitrogens with zero attached hydrogens (tertiary/aromatic N) is 4. The van der Waals surface area contributed by atoms with Crippen LogP contribution in [0.5, 0.6) is 0 Å². The second kappa shape index (κ2) is 9.93. The Hall–Kier alpha value is -2.63. The third-order valence-electron chi connectivity index (χ3n) is 5.59. The van der Waals surface area contributed by atoms with Gasteiger partial charge in [0, 0.05) is 23.0 Å². The first kappa shape index (κ1) is 24.5. The molecule has 12 heteroatoms. The second-order valence-electron chi connectivity index (χ2n) is 7.87. The lowest BCUT2D eigenvalue weighted by Crippen LogP contribution is -2.28. The van der Waals surface area contributed by atoms with Crippen molar-refractivity contribution in [2.75, 3.05) is 11.9 Å². The smallest absolute Gasteiger partial charge is 0.296 e. The summed E-state index contributed by atoms with van der Waals surface area (Å²) in [6.45, 7) is 3.35. The number of hydrogen-bond acceptors (Lipinski definition) is 6. The van der Waals surface area contributed by atoms with E-state index in [1.165, 1.54) is 12.4 Å². The van der Waals surface area contributed by atoms with Crippen LogP contribution in [0.15, 0.2) is 30.6 Å². The molecule has 1 aromatic carbocycles. The van der Waals surface area contributed by atoms with Crippen LogP contribution >= 0.6 is 22.9 Å². The number of benzene rings is 1. The summed E-state index contributed by atoms with van der Waals surface area (Å²) < 4.78 is 54.1. The lowest BCUT2D eigenvalue weighted by Gasteiger charge is -2.22. The van der Waals surface area contributed by atoms with Gasteiger partial charge in [-0.2, -0.15) is 13.2 Å². The molecular weight excluding hydrogens is 494 g/mol. The fourth-order valence-corrected chi connectivity index (χ4v) is 5.07. The summed E-state index contributed by atoms with van der Waals surface area (Å²) in [5.74, 6) is -1.61. The van der Waals surface area contributed by atoms with Crippen LogP contribution in [0.1, 0.15) is 47.1 Å². The van der Waals surface area contributed by atoms with Crippen molar-refractivity contribution in [1.29, 1.82) is 0 Å². The Morgan fingerprint density at radius 2 is 2.06 bits per heavy atom. The molecule has 0 aliphatic carbocycles. The van der Waals surface area contributed by atoms with Crippen LogP contribution in [-0.2, 0) is 12.7 Å². The first-order chi connectivity index (χ1) is 16.1. The van der Waals surface area contributed by atoms with E-state index in [0.717, 1.165) is 49.3 Å². The van der Waals surface area contributed by atoms with Crippen LogP contribution in [0.25, 0.3) is 11.3 Å². The van der Waals surface area contributed by atoms with E-state index < -0.39 is 23.5 Å². The van der Waals surface area contributed by atoms with E-state index in [-0.39, 0.29) is 27.2 Å². The molecule has 4 rings (SSSR count). The van der Waals surface area contributed by atoms with Crippen molar-refractivity contribution in [3.05, 3.63) is 57.7 Å². The predicted octanol–water partition coefficient (Wildman–Crippen LogP) is 6.04. The Bertz CT molecular complexity index is 1190. The van der Waals surface area contributed by atoms with E-state index in [1.807, 2.05) is 0 Å². The fourth-order valence-electron chi connectivity index (χ4n) is 3.97. The molecule has 3 aromatic rings. The largest absolute Gasteiger partial charge is 0.416 e. The molecular formula is C22H20ClF4N5OS. The van der Waals surface area contributed by atoms with Gasteiger partial charge in [0.25, 0.3) is 5.91 Å². The van der Waals surface area contributed by atoms with Gasteiger partial charge in [0.05, 0.1) is 23.7 Å². The van der Waals surface area contributed by atoms with E-state index >= 15 is 0 Å². The van der Waals surface area contributed by atoms with Crippen molar-refractivity contribution < 1.29 is 22.4 Å². The van der Waals surface area contributed by atoms with Gasteiger partial charge in [0.15, 0.2) is 5.13 Å². The number of nitrogens with one attached hydrogen (secondary N) is 1. The van der Waals surface area contributed by atoms with E-state index in [4.69, 9.17) is 11.6 Å². The van der Waals surface area contributed by atoms with Crippen LogP contribution in [0.4, 0.5) is 22.7 Å². The van der Waals surface area contributed by atoms with E-state index in [1.54, 1.807) is 0 Å². The number of amides is 1. The summed E-state index contributed by atoms with van der Waals surface area (Å²) in [6.07, 6.45) is 0.695. The Kier molecular flexibility index (Phi) is 7.15. The number of rotatable bonds is 6. The summed E-state index contributed by atoms with van der Waals surface area (Å²) in [6, 6.07) is 2.69. The number of thiazole rings is 1. The lowest BCUT2D eigenvalue weighted by atomic mass is 10.1. The zero-order valence-corrected chi connectivity index (χ0v) is 19.6. The van der Waals surface area contributed by atoms with E-state index in [0.29, 0.717) is 23.5 Å². The third kappa shape index (κ3) is 5.53. The molecule has 0 unspecified atom stereocenters. The van der Waals surface area contributed by atoms with Crippen LogP contribution in [-0.4, -0.2) is 38.3 Å². The van der Waals surface area contributed by atoms with Crippen molar-refractivity contribution in [3.8, 4) is 11.3 Å².